The summed E-state index contributed by atoms with van der Waals surface area (Å²) in [7, 11) is 1.31. The number of nitro groups is 1. The van der Waals surface area contributed by atoms with Gasteiger partial charge in [-0.1, -0.05) is 0 Å². The number of carbonyl (C=O) groups is 2. The lowest BCUT2D eigenvalue weighted by Crippen LogP contribution is -2.32. The maximum absolute atomic E-state index is 10.8. The van der Waals surface area contributed by atoms with Gasteiger partial charge in [0.15, 0.2) is 5.75 Å². The Hall–Kier alpha value is -2.97. The first-order chi connectivity index (χ1) is 8.95. The number of amides is 2. The Balaban J connectivity index is 2.88. The van der Waals surface area contributed by atoms with Crippen LogP contribution in [-0.4, -0.2) is 30.1 Å². The Morgan fingerprint density at radius 2 is 2.21 bits per heavy atom. The molecule has 0 aliphatic carbocycles. The number of hydrazone groups is 1. The predicted octanol–water partition coefficient (Wildman–Crippen LogP) is -0.461. The molecule has 0 heterocycles. The second-order valence-corrected chi connectivity index (χ2v) is 3.25. The summed E-state index contributed by atoms with van der Waals surface area (Å²) in [5, 5.41) is 14.2. The van der Waals surface area contributed by atoms with Gasteiger partial charge in [0.05, 0.1) is 18.2 Å². The van der Waals surface area contributed by atoms with E-state index in [4.69, 9.17) is 4.74 Å². The van der Waals surface area contributed by atoms with Gasteiger partial charge in [-0.3, -0.25) is 19.7 Å². The highest BCUT2D eigenvalue weighted by Gasteiger charge is 2.14. The number of ether oxygens (including phenoxy) is 1. The number of methoxy groups -OCH3 is 1. The Morgan fingerprint density at radius 3 is 2.74 bits per heavy atom. The molecule has 0 spiro atoms. The van der Waals surface area contributed by atoms with E-state index in [0.717, 1.165) is 6.21 Å². The Morgan fingerprint density at radius 1 is 1.53 bits per heavy atom. The van der Waals surface area contributed by atoms with Gasteiger partial charge < -0.3 is 10.5 Å². The monoisotopic (exact) mass is 266 g/mol. The van der Waals surface area contributed by atoms with E-state index in [1.807, 2.05) is 5.43 Å². The lowest BCUT2D eigenvalue weighted by Gasteiger charge is -2.01. The molecule has 0 aromatic heterocycles. The molecule has 0 saturated carbocycles. The number of hydrogen-bond donors (Lipinski definition) is 2. The van der Waals surface area contributed by atoms with Crippen LogP contribution in [-0.2, 0) is 9.59 Å². The second kappa shape index (κ2) is 6.10. The van der Waals surface area contributed by atoms with E-state index in [0.29, 0.717) is 5.56 Å². The Labute approximate surface area is 107 Å². The van der Waals surface area contributed by atoms with E-state index in [2.05, 4.69) is 10.8 Å². The quantitative estimate of drug-likeness (QED) is 0.328. The van der Waals surface area contributed by atoms with Crippen molar-refractivity contribution in [2.24, 2.45) is 10.8 Å². The lowest BCUT2D eigenvalue weighted by molar-refractivity contribution is -0.385. The first-order valence-electron chi connectivity index (χ1n) is 4.91. The summed E-state index contributed by atoms with van der Waals surface area (Å²) in [6.45, 7) is 0. The highest BCUT2D eigenvalue weighted by atomic mass is 16.6. The van der Waals surface area contributed by atoms with Crippen LogP contribution in [0.1, 0.15) is 5.56 Å². The number of nitrogens with two attached hydrogens (primary N) is 1. The molecule has 0 saturated heterocycles. The van der Waals surface area contributed by atoms with Crippen molar-refractivity contribution in [1.29, 1.82) is 0 Å². The first kappa shape index (κ1) is 14.1. The van der Waals surface area contributed by atoms with Crippen LogP contribution >= 0.6 is 0 Å². The SMILES string of the molecule is COc1ccc(/C=N\NC(=O)C(N)=O)cc1[N+](=O)[O-]. The summed E-state index contributed by atoms with van der Waals surface area (Å²) in [5.41, 5.74) is 6.65. The highest BCUT2D eigenvalue weighted by Crippen LogP contribution is 2.26. The van der Waals surface area contributed by atoms with Crippen molar-refractivity contribution in [3.63, 3.8) is 0 Å². The van der Waals surface area contributed by atoms with Crippen molar-refractivity contribution >= 4 is 23.7 Å². The molecule has 0 fully saturated rings. The summed E-state index contributed by atoms with van der Waals surface area (Å²) in [4.78, 5) is 31.3. The number of primary amides is 1. The van der Waals surface area contributed by atoms with Gasteiger partial charge in [-0.05, 0) is 12.1 Å². The van der Waals surface area contributed by atoms with Gasteiger partial charge in [0.25, 0.3) is 0 Å². The maximum Gasteiger partial charge on any atom is 0.329 e. The Kier molecular flexibility index (Phi) is 4.52. The first-order valence-corrected chi connectivity index (χ1v) is 4.91. The molecule has 9 heteroatoms. The van der Waals surface area contributed by atoms with E-state index < -0.39 is 16.7 Å². The Bertz CT molecular complexity index is 555. The number of nitro benzene ring substituents is 1. The van der Waals surface area contributed by atoms with Crippen LogP contribution in [0.4, 0.5) is 5.69 Å². The predicted molar refractivity (Wildman–Crippen MR) is 64.6 cm³/mol. The third-order valence-corrected chi connectivity index (χ3v) is 2.00. The summed E-state index contributed by atoms with van der Waals surface area (Å²) >= 11 is 0. The molecule has 0 aliphatic heterocycles. The van der Waals surface area contributed by atoms with Crippen LogP contribution < -0.4 is 15.9 Å². The standard InChI is InChI=1S/C10H10N4O5/c1-19-8-3-2-6(4-7(8)14(17)18)5-12-13-10(16)9(11)15/h2-5H,1H3,(H2,11,15)(H,13,16)/b12-5-. The average Bonchev–Trinajstić information content (AvgIpc) is 2.38. The molecular weight excluding hydrogens is 256 g/mol. The second-order valence-electron chi connectivity index (χ2n) is 3.25. The fourth-order valence-corrected chi connectivity index (χ4v) is 1.15. The molecule has 100 valence electrons. The molecular formula is C10H10N4O5. The molecule has 0 atom stereocenters. The minimum atomic E-state index is -1.18. The topological polar surface area (TPSA) is 137 Å². The van der Waals surface area contributed by atoms with Crippen molar-refractivity contribution in [2.45, 2.75) is 0 Å². The zero-order valence-corrected chi connectivity index (χ0v) is 9.82. The van der Waals surface area contributed by atoms with Gasteiger partial charge in [-0.2, -0.15) is 5.10 Å². The van der Waals surface area contributed by atoms with E-state index in [1.165, 1.54) is 25.3 Å². The summed E-state index contributed by atoms with van der Waals surface area (Å²) < 4.78 is 4.82. The zero-order chi connectivity index (χ0) is 14.4. The number of nitrogens with zero attached hydrogens (tertiary/aromatic N) is 2. The third kappa shape index (κ3) is 3.77. The molecule has 1 aromatic rings. The largest absolute Gasteiger partial charge is 0.490 e. The third-order valence-electron chi connectivity index (χ3n) is 2.00. The molecule has 0 aliphatic rings. The fourth-order valence-electron chi connectivity index (χ4n) is 1.15. The molecule has 0 bridgehead atoms. The molecule has 0 radical (unpaired) electrons. The van der Waals surface area contributed by atoms with Crippen molar-refractivity contribution in [2.75, 3.05) is 7.11 Å². The molecule has 1 rings (SSSR count). The lowest BCUT2D eigenvalue weighted by atomic mass is 10.2. The minimum Gasteiger partial charge on any atom is -0.490 e. The van der Waals surface area contributed by atoms with Crippen LogP contribution in [0.15, 0.2) is 23.3 Å². The number of nitrogens with one attached hydrogen (secondary N) is 1. The van der Waals surface area contributed by atoms with Crippen molar-refractivity contribution in [1.82, 2.24) is 5.43 Å². The van der Waals surface area contributed by atoms with Gasteiger partial charge in [0.1, 0.15) is 0 Å². The normalized spacial score (nSPS) is 10.2. The number of hydrogen-bond acceptors (Lipinski definition) is 6. The summed E-state index contributed by atoms with van der Waals surface area (Å²) in [6, 6.07) is 4.08. The van der Waals surface area contributed by atoms with E-state index >= 15 is 0 Å². The molecule has 2 amide bonds. The van der Waals surface area contributed by atoms with Gasteiger partial charge >= 0.3 is 17.5 Å². The van der Waals surface area contributed by atoms with Crippen LogP contribution in [0.2, 0.25) is 0 Å². The van der Waals surface area contributed by atoms with E-state index in [-0.39, 0.29) is 11.4 Å². The molecule has 3 N–H and O–H groups in total. The van der Waals surface area contributed by atoms with Crippen LogP contribution in [0.25, 0.3) is 0 Å². The smallest absolute Gasteiger partial charge is 0.329 e. The van der Waals surface area contributed by atoms with E-state index in [9.17, 15) is 19.7 Å². The summed E-state index contributed by atoms with van der Waals surface area (Å²) in [5.74, 6) is -2.17. The number of rotatable bonds is 4. The van der Waals surface area contributed by atoms with Gasteiger partial charge in [-0.25, -0.2) is 5.43 Å². The van der Waals surface area contributed by atoms with Gasteiger partial charge in [-0.15, -0.1) is 0 Å². The van der Waals surface area contributed by atoms with Crippen molar-refractivity contribution in [3.05, 3.63) is 33.9 Å². The van der Waals surface area contributed by atoms with Crippen LogP contribution in [0.3, 0.4) is 0 Å². The van der Waals surface area contributed by atoms with Crippen molar-refractivity contribution in [3.8, 4) is 5.75 Å². The fraction of sp³-hybridized carbons (Fsp3) is 0.100. The number of carbonyl (C=O) groups excluding carboxylic acids is 2. The van der Waals surface area contributed by atoms with Crippen LogP contribution in [0.5, 0.6) is 5.75 Å². The molecule has 19 heavy (non-hydrogen) atoms. The molecule has 9 nitrogen and oxygen atoms in total. The minimum absolute atomic E-state index is 0.100. The van der Waals surface area contributed by atoms with Gasteiger partial charge in [0.2, 0.25) is 0 Å². The van der Waals surface area contributed by atoms with Gasteiger partial charge in [0, 0.05) is 11.6 Å². The molecule has 1 aromatic carbocycles. The highest BCUT2D eigenvalue weighted by molar-refractivity contribution is 6.34. The zero-order valence-electron chi connectivity index (χ0n) is 9.82. The summed E-state index contributed by atoms with van der Waals surface area (Å²) in [6.07, 6.45) is 1.13. The molecule has 0 unspecified atom stereocenters. The number of benzene rings is 1. The van der Waals surface area contributed by atoms with Crippen LogP contribution in [0, 0.1) is 10.1 Å². The van der Waals surface area contributed by atoms with E-state index in [1.54, 1.807) is 0 Å². The van der Waals surface area contributed by atoms with Crippen molar-refractivity contribution < 1.29 is 19.2 Å². The maximum atomic E-state index is 10.8. The average molecular weight is 266 g/mol.